The third-order valence-electron chi connectivity index (χ3n) is 6.09. The van der Waals surface area contributed by atoms with Gasteiger partial charge >= 0.3 is 0 Å². The van der Waals surface area contributed by atoms with Gasteiger partial charge in [0.1, 0.15) is 16.8 Å². The fraction of sp³-hybridized carbons (Fsp3) is 0.107. The Bertz CT molecular complexity index is 1790. The molecule has 188 valence electrons. The largest absolute Gasteiger partial charge is 0.494 e. The molecule has 38 heavy (non-hydrogen) atoms. The summed E-state index contributed by atoms with van der Waals surface area (Å²) in [6.07, 6.45) is 0. The number of hydrogen-bond acceptors (Lipinski definition) is 7. The number of ether oxygens (including phenoxy) is 1. The van der Waals surface area contributed by atoms with Crippen LogP contribution in [0.25, 0.3) is 21.9 Å². The SMILES string of the molecule is CCOc1ccc(-c2nc3s/c(=C4\C(=O)N(CC(=O)Nc5ccccc5)c5ccccc54)c(=O)n3n2)cc1. The molecule has 6 rings (SSSR count). The summed E-state index contributed by atoms with van der Waals surface area (Å²) in [6, 6.07) is 23.5. The Morgan fingerprint density at radius 3 is 2.45 bits per heavy atom. The zero-order valence-electron chi connectivity index (χ0n) is 20.2. The maximum Gasteiger partial charge on any atom is 0.291 e. The summed E-state index contributed by atoms with van der Waals surface area (Å²) in [5.41, 5.74) is 2.37. The van der Waals surface area contributed by atoms with Crippen molar-refractivity contribution in [2.75, 3.05) is 23.4 Å². The Balaban J connectivity index is 1.36. The average molecular weight is 524 g/mol. The highest BCUT2D eigenvalue weighted by Gasteiger charge is 2.35. The van der Waals surface area contributed by atoms with Crippen molar-refractivity contribution in [3.63, 3.8) is 0 Å². The van der Waals surface area contributed by atoms with Crippen molar-refractivity contribution in [3.05, 3.63) is 99.3 Å². The number of nitrogens with zero attached hydrogens (tertiary/aromatic N) is 4. The third-order valence-corrected chi connectivity index (χ3v) is 7.12. The van der Waals surface area contributed by atoms with E-state index in [2.05, 4.69) is 15.4 Å². The van der Waals surface area contributed by atoms with Gasteiger partial charge in [-0.25, -0.2) is 0 Å². The minimum atomic E-state index is -0.427. The van der Waals surface area contributed by atoms with E-state index in [-0.39, 0.29) is 22.6 Å². The first-order chi connectivity index (χ1) is 18.5. The number of hydrogen-bond donors (Lipinski definition) is 1. The normalized spacial score (nSPS) is 14.1. The summed E-state index contributed by atoms with van der Waals surface area (Å²) in [5, 5.41) is 7.21. The lowest BCUT2D eigenvalue weighted by molar-refractivity contribution is -0.118. The molecule has 3 aromatic carbocycles. The number of aromatic nitrogens is 3. The number of carbonyl (C=O) groups is 2. The van der Waals surface area contributed by atoms with Gasteiger partial charge in [0.05, 0.1) is 17.9 Å². The molecule has 0 bridgehead atoms. The number of carbonyl (C=O) groups excluding carboxylic acids is 2. The molecule has 0 unspecified atom stereocenters. The van der Waals surface area contributed by atoms with Crippen LogP contribution in [0.3, 0.4) is 0 Å². The summed E-state index contributed by atoms with van der Waals surface area (Å²) in [6.45, 7) is 2.29. The van der Waals surface area contributed by atoms with Crippen LogP contribution < -0.4 is 25.0 Å². The lowest BCUT2D eigenvalue weighted by Crippen LogP contribution is -2.37. The van der Waals surface area contributed by atoms with Crippen LogP contribution >= 0.6 is 11.3 Å². The number of anilines is 2. The number of para-hydroxylation sites is 2. The number of nitrogens with one attached hydrogen (secondary N) is 1. The molecule has 1 aliphatic rings. The first kappa shape index (κ1) is 23.6. The summed E-state index contributed by atoms with van der Waals surface area (Å²) in [5.74, 6) is 0.388. The standard InChI is InChI=1S/C28H21N5O4S/c1-2-37-19-14-12-17(13-15-19)25-30-28-33(31-25)27(36)24(38-28)23-20-10-6-7-11-21(20)32(26(23)35)16-22(34)29-18-8-4-3-5-9-18/h3-15H,2,16H2,1H3,(H,29,34)/b24-23-. The smallest absolute Gasteiger partial charge is 0.291 e. The Kier molecular flexibility index (Phi) is 5.93. The van der Waals surface area contributed by atoms with Crippen molar-refractivity contribution < 1.29 is 14.3 Å². The van der Waals surface area contributed by atoms with Gasteiger partial charge in [-0.15, -0.1) is 5.10 Å². The Hall–Kier alpha value is -4.83. The van der Waals surface area contributed by atoms with E-state index in [4.69, 9.17) is 4.74 Å². The monoisotopic (exact) mass is 523 g/mol. The van der Waals surface area contributed by atoms with Gasteiger partial charge in [-0.1, -0.05) is 47.7 Å². The highest BCUT2D eigenvalue weighted by Crippen LogP contribution is 2.35. The molecule has 0 aliphatic carbocycles. The summed E-state index contributed by atoms with van der Waals surface area (Å²) >= 11 is 1.11. The second-order valence-corrected chi connectivity index (χ2v) is 9.50. The molecule has 0 saturated heterocycles. The second-order valence-electron chi connectivity index (χ2n) is 8.52. The Labute approximate surface area is 220 Å². The van der Waals surface area contributed by atoms with Crippen LogP contribution in [0.5, 0.6) is 5.75 Å². The molecule has 3 heterocycles. The van der Waals surface area contributed by atoms with Crippen molar-refractivity contribution in [3.8, 4) is 17.1 Å². The van der Waals surface area contributed by atoms with Crippen molar-refractivity contribution in [2.45, 2.75) is 6.92 Å². The van der Waals surface area contributed by atoms with E-state index in [1.807, 2.05) is 49.4 Å². The molecule has 0 radical (unpaired) electrons. The highest BCUT2D eigenvalue weighted by molar-refractivity contribution is 7.15. The van der Waals surface area contributed by atoms with E-state index in [0.717, 1.165) is 22.6 Å². The number of amides is 2. The number of rotatable bonds is 6. The lowest BCUT2D eigenvalue weighted by Gasteiger charge is -2.16. The number of thiazole rings is 1. The lowest BCUT2D eigenvalue weighted by atomic mass is 10.1. The van der Waals surface area contributed by atoms with Gasteiger partial charge in [-0.05, 0) is 49.4 Å². The zero-order valence-corrected chi connectivity index (χ0v) is 21.1. The second kappa shape index (κ2) is 9.56. The van der Waals surface area contributed by atoms with Crippen LogP contribution in [0.2, 0.25) is 0 Å². The highest BCUT2D eigenvalue weighted by atomic mass is 32.1. The van der Waals surface area contributed by atoms with Crippen LogP contribution in [-0.2, 0) is 9.59 Å². The molecule has 2 aromatic heterocycles. The molecule has 0 fully saturated rings. The molecule has 0 spiro atoms. The minimum absolute atomic E-state index is 0.189. The first-order valence-corrected chi connectivity index (χ1v) is 12.8. The van der Waals surface area contributed by atoms with E-state index >= 15 is 0 Å². The Morgan fingerprint density at radius 1 is 0.974 bits per heavy atom. The van der Waals surface area contributed by atoms with Crippen molar-refractivity contribution >= 4 is 45.1 Å². The van der Waals surface area contributed by atoms with Crippen LogP contribution in [0.4, 0.5) is 11.4 Å². The molecule has 9 nitrogen and oxygen atoms in total. The van der Waals surface area contributed by atoms with Crippen molar-refractivity contribution in [1.82, 2.24) is 14.6 Å². The average Bonchev–Trinajstić information content (AvgIpc) is 3.56. The van der Waals surface area contributed by atoms with Gasteiger partial charge in [0.15, 0.2) is 5.82 Å². The maximum absolute atomic E-state index is 13.6. The molecule has 10 heteroatoms. The fourth-order valence-corrected chi connectivity index (χ4v) is 5.39. The van der Waals surface area contributed by atoms with Crippen LogP contribution in [0, 0.1) is 0 Å². The van der Waals surface area contributed by atoms with Crippen LogP contribution in [0.15, 0.2) is 83.7 Å². The quantitative estimate of drug-likeness (QED) is 0.367. The minimum Gasteiger partial charge on any atom is -0.494 e. The topological polar surface area (TPSA) is 106 Å². The van der Waals surface area contributed by atoms with Gasteiger partial charge < -0.3 is 10.1 Å². The van der Waals surface area contributed by atoms with E-state index in [9.17, 15) is 14.4 Å². The first-order valence-electron chi connectivity index (χ1n) is 12.0. The summed E-state index contributed by atoms with van der Waals surface area (Å²) < 4.78 is 6.94. The van der Waals surface area contributed by atoms with Crippen molar-refractivity contribution in [2.24, 2.45) is 0 Å². The van der Waals surface area contributed by atoms with Gasteiger partial charge in [0.2, 0.25) is 10.9 Å². The van der Waals surface area contributed by atoms with Gasteiger partial charge in [0, 0.05) is 16.8 Å². The van der Waals surface area contributed by atoms with Gasteiger partial charge in [0.25, 0.3) is 11.5 Å². The van der Waals surface area contributed by atoms with E-state index in [1.54, 1.807) is 36.4 Å². The predicted octanol–water partition coefficient (Wildman–Crippen LogP) is 3.12. The van der Waals surface area contributed by atoms with Crippen LogP contribution in [0.1, 0.15) is 12.5 Å². The molecule has 1 aliphatic heterocycles. The van der Waals surface area contributed by atoms with E-state index in [1.165, 1.54) is 9.42 Å². The fourth-order valence-electron chi connectivity index (χ4n) is 4.40. The number of benzene rings is 3. The molecule has 0 saturated carbocycles. The summed E-state index contributed by atoms with van der Waals surface area (Å²) in [4.78, 5) is 46.1. The number of fused-ring (bicyclic) bond motifs is 2. The van der Waals surface area contributed by atoms with Gasteiger partial charge in [-0.2, -0.15) is 9.50 Å². The molecule has 5 aromatic rings. The zero-order chi connectivity index (χ0) is 26.2. The third kappa shape index (κ3) is 4.10. The van der Waals surface area contributed by atoms with E-state index < -0.39 is 11.5 Å². The molecule has 0 atom stereocenters. The van der Waals surface area contributed by atoms with Gasteiger partial charge in [-0.3, -0.25) is 19.3 Å². The predicted molar refractivity (Wildman–Crippen MR) is 145 cm³/mol. The van der Waals surface area contributed by atoms with Crippen LogP contribution in [-0.4, -0.2) is 39.6 Å². The molecular formula is C28H21N5O4S. The summed E-state index contributed by atoms with van der Waals surface area (Å²) in [7, 11) is 0. The molecule has 2 amide bonds. The van der Waals surface area contributed by atoms with E-state index in [0.29, 0.717) is 34.3 Å². The Morgan fingerprint density at radius 2 is 1.71 bits per heavy atom. The maximum atomic E-state index is 13.6. The molecule has 1 N–H and O–H groups in total. The molecular weight excluding hydrogens is 502 g/mol. The van der Waals surface area contributed by atoms with Crippen molar-refractivity contribution in [1.29, 1.82) is 0 Å².